The van der Waals surface area contributed by atoms with Crippen molar-refractivity contribution < 1.29 is 22.7 Å². The van der Waals surface area contributed by atoms with Crippen LogP contribution in [0.3, 0.4) is 0 Å². The molecule has 3 aliphatic heterocycles. The van der Waals surface area contributed by atoms with E-state index in [9.17, 15) is 13.2 Å². The third-order valence-corrected chi connectivity index (χ3v) is 10.3. The molecule has 0 aromatic heterocycles. The van der Waals surface area contributed by atoms with E-state index in [1.165, 1.54) is 5.56 Å². The molecule has 1 spiro atoms. The van der Waals surface area contributed by atoms with E-state index in [0.29, 0.717) is 45.0 Å². The molecule has 194 valence electrons. The maximum Gasteiger partial charge on any atom is 0.317 e. The van der Waals surface area contributed by atoms with E-state index in [4.69, 9.17) is 9.47 Å². The number of rotatable bonds is 4. The molecule has 3 heterocycles. The van der Waals surface area contributed by atoms with Crippen molar-refractivity contribution in [2.45, 2.75) is 81.6 Å². The summed E-state index contributed by atoms with van der Waals surface area (Å²) in [5.41, 5.74) is 0.636. The zero-order chi connectivity index (χ0) is 24.5. The number of amides is 2. The number of sulfonamides is 1. The fourth-order valence-corrected chi connectivity index (χ4v) is 8.61. The van der Waals surface area contributed by atoms with Gasteiger partial charge in [0, 0.05) is 19.6 Å². The molecule has 2 amide bonds. The van der Waals surface area contributed by atoms with E-state index in [0.717, 1.165) is 32.1 Å². The first-order valence-electron chi connectivity index (χ1n) is 13.3. The summed E-state index contributed by atoms with van der Waals surface area (Å²) in [6, 6.07) is 10.2. The van der Waals surface area contributed by atoms with Crippen LogP contribution in [0.25, 0.3) is 0 Å². The monoisotopic (exact) mass is 505 g/mol. The quantitative estimate of drug-likeness (QED) is 0.680. The molecule has 0 radical (unpaired) electrons. The molecule has 1 aliphatic carbocycles. The van der Waals surface area contributed by atoms with Crippen LogP contribution in [0.5, 0.6) is 0 Å². The summed E-state index contributed by atoms with van der Waals surface area (Å²) in [7, 11) is -3.46. The van der Waals surface area contributed by atoms with Gasteiger partial charge in [0.25, 0.3) is 0 Å². The van der Waals surface area contributed by atoms with Crippen LogP contribution in [0.4, 0.5) is 4.79 Å². The van der Waals surface area contributed by atoms with Gasteiger partial charge in [0.05, 0.1) is 42.8 Å². The van der Waals surface area contributed by atoms with Gasteiger partial charge >= 0.3 is 6.03 Å². The molecule has 35 heavy (non-hydrogen) atoms. The number of benzene rings is 1. The van der Waals surface area contributed by atoms with Crippen LogP contribution < -0.4 is 5.32 Å². The molecule has 1 aromatic rings. The van der Waals surface area contributed by atoms with Gasteiger partial charge in [-0.25, -0.2) is 13.2 Å². The van der Waals surface area contributed by atoms with Crippen LogP contribution in [0.15, 0.2) is 30.3 Å². The summed E-state index contributed by atoms with van der Waals surface area (Å²) in [5.74, 6) is 0.559. The number of hydrogen-bond acceptors (Lipinski definition) is 5. The van der Waals surface area contributed by atoms with Crippen molar-refractivity contribution in [3.8, 4) is 0 Å². The zero-order valence-corrected chi connectivity index (χ0v) is 21.5. The lowest BCUT2D eigenvalue weighted by molar-refractivity contribution is -0.148. The molecular weight excluding hydrogens is 466 g/mol. The number of nitrogens with zero attached hydrogens (tertiary/aromatic N) is 2. The van der Waals surface area contributed by atoms with Crippen molar-refractivity contribution in [2.75, 3.05) is 38.6 Å². The van der Waals surface area contributed by atoms with Crippen molar-refractivity contribution in [3.05, 3.63) is 35.9 Å². The van der Waals surface area contributed by atoms with E-state index < -0.39 is 15.6 Å². The minimum absolute atomic E-state index is 0.00233. The lowest BCUT2D eigenvalue weighted by Gasteiger charge is -2.58. The summed E-state index contributed by atoms with van der Waals surface area (Å²) < 4.78 is 40.9. The highest BCUT2D eigenvalue weighted by molar-refractivity contribution is 7.89. The van der Waals surface area contributed by atoms with Gasteiger partial charge in [-0.05, 0) is 63.4 Å². The molecule has 0 bridgehead atoms. The highest BCUT2D eigenvalue weighted by Crippen LogP contribution is 2.45. The van der Waals surface area contributed by atoms with Gasteiger partial charge in [-0.3, -0.25) is 0 Å². The molecule has 1 saturated carbocycles. The van der Waals surface area contributed by atoms with Crippen LogP contribution in [-0.4, -0.2) is 86.0 Å². The Kier molecular flexibility index (Phi) is 7.40. The van der Waals surface area contributed by atoms with Crippen molar-refractivity contribution in [1.82, 2.24) is 14.5 Å². The van der Waals surface area contributed by atoms with Crippen molar-refractivity contribution in [1.29, 1.82) is 0 Å². The number of carbonyl (C=O) groups excluding carboxylic acids is 1. The van der Waals surface area contributed by atoms with Gasteiger partial charge in [0.1, 0.15) is 0 Å². The summed E-state index contributed by atoms with van der Waals surface area (Å²) in [6.07, 6.45) is 6.09. The second-order valence-corrected chi connectivity index (χ2v) is 12.5. The van der Waals surface area contributed by atoms with E-state index in [-0.39, 0.29) is 36.6 Å². The number of ether oxygens (including phenoxy) is 2. The third-order valence-electron chi connectivity index (χ3n) is 8.44. The van der Waals surface area contributed by atoms with Gasteiger partial charge in [-0.2, -0.15) is 4.31 Å². The molecule has 3 saturated heterocycles. The molecule has 3 unspecified atom stereocenters. The number of piperidine rings is 2. The number of hydrogen-bond donors (Lipinski definition) is 1. The van der Waals surface area contributed by atoms with E-state index in [2.05, 4.69) is 35.6 Å². The largest absolute Gasteiger partial charge is 0.378 e. The van der Waals surface area contributed by atoms with E-state index >= 15 is 0 Å². The molecular formula is C26H39N3O5S. The van der Waals surface area contributed by atoms with Crippen molar-refractivity contribution in [2.24, 2.45) is 0 Å². The Balaban J connectivity index is 1.38. The Hall–Kier alpha value is -1.68. The smallest absolute Gasteiger partial charge is 0.317 e. The Morgan fingerprint density at radius 2 is 1.91 bits per heavy atom. The number of likely N-dealkylation sites (tertiary alicyclic amines) is 1. The van der Waals surface area contributed by atoms with Gasteiger partial charge in [0.2, 0.25) is 10.0 Å². The fraction of sp³-hybridized carbons (Fsp3) is 0.731. The molecule has 3 atom stereocenters. The topological polar surface area (TPSA) is 88.2 Å². The van der Waals surface area contributed by atoms with E-state index in [1.807, 2.05) is 11.8 Å². The normalized spacial score (nSPS) is 35.4. The molecule has 8 nitrogen and oxygen atoms in total. The standard InChI is InChI=1S/C26H39N3O5S/c1-2-27-25(30)28-15-6-14-26-19-33-17-18-35(31,32)29(26)16-13-23(24(26)28)34-22-11-9-21(10-12-22)20-7-4-3-5-8-20/h3-5,7-8,21-24H,2,6,9-19H2,1H3,(H,27,30). The maximum atomic E-state index is 13.2. The predicted octanol–water partition coefficient (Wildman–Crippen LogP) is 3.10. The van der Waals surface area contributed by atoms with Crippen molar-refractivity contribution in [3.63, 3.8) is 0 Å². The minimum atomic E-state index is -3.46. The summed E-state index contributed by atoms with van der Waals surface area (Å²) >= 11 is 0. The molecule has 9 heteroatoms. The summed E-state index contributed by atoms with van der Waals surface area (Å²) in [4.78, 5) is 15.0. The molecule has 5 rings (SSSR count). The SMILES string of the molecule is CCNC(=O)N1CCCC23COCCS(=O)(=O)N2CCC(OC2CCC(c4ccccc4)CC2)C13. The Morgan fingerprint density at radius 3 is 2.66 bits per heavy atom. The molecule has 1 aromatic carbocycles. The average molecular weight is 506 g/mol. The predicted molar refractivity (Wildman–Crippen MR) is 134 cm³/mol. The van der Waals surface area contributed by atoms with Gasteiger partial charge in [0.15, 0.2) is 0 Å². The first kappa shape index (κ1) is 25.0. The zero-order valence-electron chi connectivity index (χ0n) is 20.7. The summed E-state index contributed by atoms with van der Waals surface area (Å²) in [6.45, 7) is 3.98. The Labute approximate surface area is 209 Å². The number of urea groups is 1. The second kappa shape index (κ2) is 10.4. The van der Waals surface area contributed by atoms with Gasteiger partial charge in [-0.15, -0.1) is 0 Å². The van der Waals surface area contributed by atoms with Crippen molar-refractivity contribution >= 4 is 16.1 Å². The van der Waals surface area contributed by atoms with Crippen LogP contribution in [0.2, 0.25) is 0 Å². The average Bonchev–Trinajstić information content (AvgIpc) is 3.00. The summed E-state index contributed by atoms with van der Waals surface area (Å²) in [5, 5.41) is 2.95. The first-order chi connectivity index (χ1) is 16.9. The maximum absolute atomic E-state index is 13.2. The lowest BCUT2D eigenvalue weighted by atomic mass is 9.75. The molecule has 1 N–H and O–H groups in total. The van der Waals surface area contributed by atoms with Gasteiger partial charge < -0.3 is 19.7 Å². The Bertz CT molecular complexity index is 982. The number of carbonyl (C=O) groups is 1. The molecule has 4 fully saturated rings. The fourth-order valence-electron chi connectivity index (χ4n) is 6.87. The minimum Gasteiger partial charge on any atom is -0.378 e. The van der Waals surface area contributed by atoms with Crippen LogP contribution in [-0.2, 0) is 19.5 Å². The van der Waals surface area contributed by atoms with E-state index in [1.54, 1.807) is 4.31 Å². The van der Waals surface area contributed by atoms with Crippen LogP contribution >= 0.6 is 0 Å². The molecule has 4 aliphatic rings. The van der Waals surface area contributed by atoms with Crippen LogP contribution in [0.1, 0.15) is 63.4 Å². The lowest BCUT2D eigenvalue weighted by Crippen LogP contribution is -2.75. The van der Waals surface area contributed by atoms with Gasteiger partial charge in [-0.1, -0.05) is 30.3 Å². The third kappa shape index (κ3) is 4.84. The van der Waals surface area contributed by atoms with Crippen LogP contribution in [0, 0.1) is 0 Å². The highest BCUT2D eigenvalue weighted by atomic mass is 32.2. The highest BCUT2D eigenvalue weighted by Gasteiger charge is 2.60. The first-order valence-corrected chi connectivity index (χ1v) is 14.9. The second-order valence-electron chi connectivity index (χ2n) is 10.5. The Morgan fingerprint density at radius 1 is 1.14 bits per heavy atom. The number of nitrogens with one attached hydrogen (secondary N) is 1.